The lowest BCUT2D eigenvalue weighted by Crippen LogP contribution is -2.27. The van der Waals surface area contributed by atoms with E-state index >= 15 is 0 Å². The first-order chi connectivity index (χ1) is 12.4. The molecule has 0 amide bonds. The van der Waals surface area contributed by atoms with Gasteiger partial charge in [0.25, 0.3) is 0 Å². The topological polar surface area (TPSA) is 61.4 Å². The highest BCUT2D eigenvalue weighted by atomic mass is 35.5. The Labute approximate surface area is 164 Å². The lowest BCUT2D eigenvalue weighted by Gasteiger charge is -2.16. The second kappa shape index (κ2) is 7.92. The lowest BCUT2D eigenvalue weighted by atomic mass is 10.2. The minimum absolute atomic E-state index is 0.300. The normalized spacial score (nSPS) is 15.0. The molecule has 0 aromatic heterocycles. The van der Waals surface area contributed by atoms with Crippen LogP contribution in [0.4, 0.5) is 11.4 Å². The van der Waals surface area contributed by atoms with Crippen LogP contribution in [-0.4, -0.2) is 30.9 Å². The zero-order valence-corrected chi connectivity index (χ0v) is 16.7. The van der Waals surface area contributed by atoms with Gasteiger partial charge in [0.2, 0.25) is 10.0 Å². The second-order valence-corrected chi connectivity index (χ2v) is 8.88. The molecule has 26 heavy (non-hydrogen) atoms. The molecule has 0 radical (unpaired) electrons. The molecule has 0 atom stereocenters. The van der Waals surface area contributed by atoms with Gasteiger partial charge in [0.1, 0.15) is 0 Å². The summed E-state index contributed by atoms with van der Waals surface area (Å²) in [7, 11) is -3.40. The van der Waals surface area contributed by atoms with Crippen molar-refractivity contribution in [2.75, 3.05) is 23.7 Å². The molecule has 138 valence electrons. The molecular formula is C18H20ClN3O2S2. The summed E-state index contributed by atoms with van der Waals surface area (Å²) in [4.78, 5) is 0.300. The SMILES string of the molecule is Cc1c(Cl)cccc1NC(=S)Nc1ccc(S(=O)(=O)N2CCCC2)cc1. The lowest BCUT2D eigenvalue weighted by molar-refractivity contribution is 0.477. The summed E-state index contributed by atoms with van der Waals surface area (Å²) in [6.07, 6.45) is 1.84. The van der Waals surface area contributed by atoms with Crippen LogP contribution in [0.5, 0.6) is 0 Å². The number of halogens is 1. The maximum atomic E-state index is 12.5. The van der Waals surface area contributed by atoms with Gasteiger partial charge >= 0.3 is 0 Å². The molecule has 0 spiro atoms. The Morgan fingerprint density at radius 2 is 1.73 bits per heavy atom. The Hall–Kier alpha value is -1.67. The molecule has 3 rings (SSSR count). The molecule has 1 aliphatic heterocycles. The first-order valence-corrected chi connectivity index (χ1v) is 10.5. The van der Waals surface area contributed by atoms with Crippen molar-refractivity contribution in [2.24, 2.45) is 0 Å². The molecule has 0 unspecified atom stereocenters. The number of thiocarbonyl (C=S) groups is 1. The summed E-state index contributed by atoms with van der Waals surface area (Å²) in [6.45, 7) is 3.09. The first-order valence-electron chi connectivity index (χ1n) is 8.31. The average Bonchev–Trinajstić information content (AvgIpc) is 3.15. The van der Waals surface area contributed by atoms with E-state index < -0.39 is 10.0 Å². The Kier molecular flexibility index (Phi) is 5.82. The highest BCUT2D eigenvalue weighted by Gasteiger charge is 2.26. The van der Waals surface area contributed by atoms with Crippen LogP contribution in [0.3, 0.4) is 0 Å². The number of nitrogens with zero attached hydrogens (tertiary/aromatic N) is 1. The molecule has 2 aromatic carbocycles. The van der Waals surface area contributed by atoms with Gasteiger partial charge in [-0.25, -0.2) is 8.42 Å². The molecule has 2 aromatic rings. The fourth-order valence-corrected chi connectivity index (χ4v) is 4.73. The summed E-state index contributed by atoms with van der Waals surface area (Å²) in [6, 6.07) is 12.2. The van der Waals surface area contributed by atoms with Crippen LogP contribution >= 0.6 is 23.8 Å². The number of sulfonamides is 1. The zero-order chi connectivity index (χ0) is 18.7. The monoisotopic (exact) mass is 409 g/mol. The Morgan fingerprint density at radius 1 is 1.08 bits per heavy atom. The predicted molar refractivity (Wildman–Crippen MR) is 110 cm³/mol. The van der Waals surface area contributed by atoms with Crippen molar-refractivity contribution < 1.29 is 8.42 Å². The van der Waals surface area contributed by atoms with E-state index in [4.69, 9.17) is 23.8 Å². The van der Waals surface area contributed by atoms with Gasteiger partial charge in [0.05, 0.1) is 4.90 Å². The third-order valence-electron chi connectivity index (χ3n) is 4.33. The summed E-state index contributed by atoms with van der Waals surface area (Å²) in [5, 5.41) is 7.22. The van der Waals surface area contributed by atoms with E-state index in [2.05, 4.69) is 10.6 Å². The maximum absolute atomic E-state index is 12.5. The molecule has 2 N–H and O–H groups in total. The number of anilines is 2. The van der Waals surface area contributed by atoms with E-state index in [0.717, 1.165) is 24.1 Å². The van der Waals surface area contributed by atoms with Gasteiger partial charge in [0.15, 0.2) is 5.11 Å². The number of hydrogen-bond donors (Lipinski definition) is 2. The maximum Gasteiger partial charge on any atom is 0.243 e. The fourth-order valence-electron chi connectivity index (χ4n) is 2.82. The molecule has 1 saturated heterocycles. The molecule has 0 aliphatic carbocycles. The standard InChI is InChI=1S/C18H20ClN3O2S2/c1-13-16(19)5-4-6-17(13)21-18(25)20-14-7-9-15(10-8-14)26(23,24)22-11-2-3-12-22/h4-10H,2-3,11-12H2,1H3,(H2,20,21,25). The number of hydrogen-bond acceptors (Lipinski definition) is 3. The summed E-state index contributed by atoms with van der Waals surface area (Å²) in [5.41, 5.74) is 2.44. The molecular weight excluding hydrogens is 390 g/mol. The molecule has 5 nitrogen and oxygen atoms in total. The van der Waals surface area contributed by atoms with Crippen molar-refractivity contribution in [1.29, 1.82) is 0 Å². The van der Waals surface area contributed by atoms with Gasteiger partial charge in [0, 0.05) is 29.5 Å². The molecule has 8 heteroatoms. The molecule has 0 bridgehead atoms. The van der Waals surface area contributed by atoms with Crippen LogP contribution in [-0.2, 0) is 10.0 Å². The van der Waals surface area contributed by atoms with Gasteiger partial charge in [-0.3, -0.25) is 0 Å². The van der Waals surface area contributed by atoms with Crippen molar-refractivity contribution in [3.8, 4) is 0 Å². The predicted octanol–water partition coefficient (Wildman–Crippen LogP) is 4.24. The van der Waals surface area contributed by atoms with Gasteiger partial charge in [-0.05, 0) is 73.9 Å². The second-order valence-electron chi connectivity index (χ2n) is 6.13. The van der Waals surface area contributed by atoms with Gasteiger partial charge in [-0.15, -0.1) is 0 Å². The van der Waals surface area contributed by atoms with E-state index in [9.17, 15) is 8.42 Å². The van der Waals surface area contributed by atoms with Crippen LogP contribution in [0.2, 0.25) is 5.02 Å². The summed E-state index contributed by atoms with van der Waals surface area (Å²) < 4.78 is 26.6. The third kappa shape index (κ3) is 4.17. The summed E-state index contributed by atoms with van der Waals surface area (Å²) >= 11 is 11.4. The zero-order valence-electron chi connectivity index (χ0n) is 14.3. The molecule has 1 aliphatic rings. The third-order valence-corrected chi connectivity index (χ3v) is 6.86. The van der Waals surface area contributed by atoms with Gasteiger partial charge in [-0.1, -0.05) is 17.7 Å². The van der Waals surface area contributed by atoms with Crippen LogP contribution in [0, 0.1) is 6.92 Å². The summed E-state index contributed by atoms with van der Waals surface area (Å²) in [5.74, 6) is 0. The number of rotatable bonds is 4. The Balaban J connectivity index is 1.67. The van der Waals surface area contributed by atoms with Crippen molar-refractivity contribution in [3.05, 3.63) is 53.1 Å². The average molecular weight is 410 g/mol. The van der Waals surface area contributed by atoms with Gasteiger partial charge < -0.3 is 10.6 Å². The highest BCUT2D eigenvalue weighted by molar-refractivity contribution is 7.89. The van der Waals surface area contributed by atoms with Crippen LogP contribution in [0.1, 0.15) is 18.4 Å². The molecule has 0 saturated carbocycles. The van der Waals surface area contributed by atoms with Crippen molar-refractivity contribution in [1.82, 2.24) is 4.31 Å². The fraction of sp³-hybridized carbons (Fsp3) is 0.278. The Bertz CT molecular complexity index is 909. The number of nitrogens with one attached hydrogen (secondary N) is 2. The first kappa shape index (κ1) is 19.1. The van der Waals surface area contributed by atoms with Crippen LogP contribution < -0.4 is 10.6 Å². The largest absolute Gasteiger partial charge is 0.332 e. The van der Waals surface area contributed by atoms with E-state index in [1.54, 1.807) is 24.3 Å². The minimum Gasteiger partial charge on any atom is -0.332 e. The van der Waals surface area contributed by atoms with Crippen LogP contribution in [0.15, 0.2) is 47.4 Å². The van der Waals surface area contributed by atoms with Gasteiger partial charge in [-0.2, -0.15) is 4.31 Å². The van der Waals surface area contributed by atoms with E-state index in [-0.39, 0.29) is 0 Å². The van der Waals surface area contributed by atoms with E-state index in [0.29, 0.717) is 33.8 Å². The number of benzene rings is 2. The quantitative estimate of drug-likeness (QED) is 0.739. The van der Waals surface area contributed by atoms with Crippen molar-refractivity contribution in [2.45, 2.75) is 24.7 Å². The highest BCUT2D eigenvalue weighted by Crippen LogP contribution is 2.24. The van der Waals surface area contributed by atoms with Crippen molar-refractivity contribution in [3.63, 3.8) is 0 Å². The van der Waals surface area contributed by atoms with E-state index in [1.165, 1.54) is 4.31 Å². The van der Waals surface area contributed by atoms with E-state index in [1.807, 2.05) is 25.1 Å². The minimum atomic E-state index is -3.40. The molecule has 1 fully saturated rings. The Morgan fingerprint density at radius 3 is 2.38 bits per heavy atom. The smallest absolute Gasteiger partial charge is 0.243 e. The molecule has 1 heterocycles. The van der Waals surface area contributed by atoms with Crippen LogP contribution in [0.25, 0.3) is 0 Å². The van der Waals surface area contributed by atoms with Crippen molar-refractivity contribution >= 4 is 50.3 Å².